The number of hydrogen-bond acceptors (Lipinski definition) is 4. The quantitative estimate of drug-likeness (QED) is 0.423. The SMILES string of the molecule is CCC(C)C(=O)Oc1ccc(N=Nc2ccc(C)cc2)cc1. The topological polar surface area (TPSA) is 51.0 Å². The maximum atomic E-state index is 11.7. The zero-order valence-electron chi connectivity index (χ0n) is 13.1. The lowest BCUT2D eigenvalue weighted by Crippen LogP contribution is -2.16. The van der Waals surface area contributed by atoms with Gasteiger partial charge in [0.1, 0.15) is 5.75 Å². The molecule has 0 heterocycles. The monoisotopic (exact) mass is 296 g/mol. The van der Waals surface area contributed by atoms with Crippen LogP contribution in [0.3, 0.4) is 0 Å². The van der Waals surface area contributed by atoms with Crippen molar-refractivity contribution in [3.8, 4) is 5.75 Å². The van der Waals surface area contributed by atoms with Crippen LogP contribution in [0.15, 0.2) is 58.8 Å². The molecule has 0 spiro atoms. The fourth-order valence-corrected chi connectivity index (χ4v) is 1.69. The Labute approximate surface area is 130 Å². The number of aryl methyl sites for hydroxylation is 1. The lowest BCUT2D eigenvalue weighted by atomic mass is 10.1. The molecule has 4 nitrogen and oxygen atoms in total. The summed E-state index contributed by atoms with van der Waals surface area (Å²) in [6.45, 7) is 5.84. The molecule has 4 heteroatoms. The van der Waals surface area contributed by atoms with Gasteiger partial charge in [0.2, 0.25) is 0 Å². The van der Waals surface area contributed by atoms with Crippen molar-refractivity contribution in [3.63, 3.8) is 0 Å². The van der Waals surface area contributed by atoms with Gasteiger partial charge in [-0.25, -0.2) is 0 Å². The molecule has 2 rings (SSSR count). The van der Waals surface area contributed by atoms with Gasteiger partial charge in [-0.05, 0) is 49.7 Å². The maximum absolute atomic E-state index is 11.7. The third-order valence-electron chi connectivity index (χ3n) is 3.38. The van der Waals surface area contributed by atoms with Crippen molar-refractivity contribution in [1.82, 2.24) is 0 Å². The summed E-state index contributed by atoms with van der Waals surface area (Å²) in [5.74, 6) is 0.219. The van der Waals surface area contributed by atoms with Gasteiger partial charge in [-0.3, -0.25) is 4.79 Å². The minimum absolute atomic E-state index is 0.0964. The van der Waals surface area contributed by atoms with E-state index in [1.807, 2.05) is 45.0 Å². The van der Waals surface area contributed by atoms with Gasteiger partial charge in [-0.1, -0.05) is 31.5 Å². The Hall–Kier alpha value is -2.49. The third-order valence-corrected chi connectivity index (χ3v) is 3.38. The minimum Gasteiger partial charge on any atom is -0.426 e. The van der Waals surface area contributed by atoms with Crippen molar-refractivity contribution >= 4 is 17.3 Å². The Kier molecular flexibility index (Phi) is 5.42. The molecule has 2 aromatic carbocycles. The summed E-state index contributed by atoms with van der Waals surface area (Å²) in [6, 6.07) is 14.8. The summed E-state index contributed by atoms with van der Waals surface area (Å²) >= 11 is 0. The molecule has 1 atom stereocenters. The highest BCUT2D eigenvalue weighted by Gasteiger charge is 2.12. The first-order valence-electron chi connectivity index (χ1n) is 7.38. The number of benzene rings is 2. The molecule has 0 bridgehead atoms. The first-order valence-corrected chi connectivity index (χ1v) is 7.38. The Morgan fingerprint density at radius 2 is 1.50 bits per heavy atom. The average Bonchev–Trinajstić information content (AvgIpc) is 2.55. The standard InChI is InChI=1S/C18H20N2O2/c1-4-14(3)18(21)22-17-11-9-16(10-12-17)20-19-15-7-5-13(2)6-8-15/h5-12,14H,4H2,1-3H3. The number of carbonyl (C=O) groups is 1. The molecule has 1 unspecified atom stereocenters. The zero-order valence-corrected chi connectivity index (χ0v) is 13.1. The van der Waals surface area contributed by atoms with E-state index in [4.69, 9.17) is 4.74 Å². The number of rotatable bonds is 5. The van der Waals surface area contributed by atoms with Crippen LogP contribution in [0.2, 0.25) is 0 Å². The highest BCUT2D eigenvalue weighted by Crippen LogP contribution is 2.22. The van der Waals surface area contributed by atoms with E-state index in [1.54, 1.807) is 24.3 Å². The Bertz CT molecular complexity index is 646. The molecule has 0 fully saturated rings. The fourth-order valence-electron chi connectivity index (χ4n) is 1.69. The van der Waals surface area contributed by atoms with Crippen molar-refractivity contribution in [1.29, 1.82) is 0 Å². The summed E-state index contributed by atoms with van der Waals surface area (Å²) in [4.78, 5) is 11.7. The normalized spacial score (nSPS) is 12.3. The zero-order chi connectivity index (χ0) is 15.9. The smallest absolute Gasteiger partial charge is 0.314 e. The summed E-state index contributed by atoms with van der Waals surface area (Å²) in [7, 11) is 0. The predicted molar refractivity (Wildman–Crippen MR) is 86.9 cm³/mol. The molecule has 0 aliphatic rings. The van der Waals surface area contributed by atoms with Gasteiger partial charge in [0.05, 0.1) is 17.3 Å². The highest BCUT2D eigenvalue weighted by atomic mass is 16.5. The summed E-state index contributed by atoms with van der Waals surface area (Å²) in [5.41, 5.74) is 2.70. The van der Waals surface area contributed by atoms with Crippen molar-refractivity contribution in [2.45, 2.75) is 27.2 Å². The van der Waals surface area contributed by atoms with Crippen molar-refractivity contribution < 1.29 is 9.53 Å². The Balaban J connectivity index is 1.99. The predicted octanol–water partition coefficient (Wildman–Crippen LogP) is 5.36. The molecular formula is C18H20N2O2. The molecule has 2 aromatic rings. The first kappa shape index (κ1) is 15.9. The van der Waals surface area contributed by atoms with Gasteiger partial charge in [0.25, 0.3) is 0 Å². The second kappa shape index (κ2) is 7.50. The van der Waals surface area contributed by atoms with Crippen molar-refractivity contribution in [3.05, 3.63) is 54.1 Å². The van der Waals surface area contributed by atoms with E-state index in [2.05, 4.69) is 10.2 Å². The number of ether oxygens (including phenoxy) is 1. The van der Waals surface area contributed by atoms with Crippen molar-refractivity contribution in [2.75, 3.05) is 0 Å². The van der Waals surface area contributed by atoms with E-state index < -0.39 is 0 Å². The van der Waals surface area contributed by atoms with Gasteiger partial charge >= 0.3 is 5.97 Å². The van der Waals surface area contributed by atoms with Crippen LogP contribution < -0.4 is 4.74 Å². The van der Waals surface area contributed by atoms with Crippen LogP contribution in [-0.4, -0.2) is 5.97 Å². The van der Waals surface area contributed by atoms with Crippen LogP contribution in [0.25, 0.3) is 0 Å². The summed E-state index contributed by atoms with van der Waals surface area (Å²) in [5, 5.41) is 8.33. The van der Waals surface area contributed by atoms with Gasteiger partial charge in [-0.2, -0.15) is 10.2 Å². The second-order valence-electron chi connectivity index (χ2n) is 5.26. The average molecular weight is 296 g/mol. The lowest BCUT2D eigenvalue weighted by molar-refractivity contribution is -0.138. The molecule has 0 N–H and O–H groups in total. The molecule has 0 aromatic heterocycles. The largest absolute Gasteiger partial charge is 0.426 e. The third kappa shape index (κ3) is 4.52. The van der Waals surface area contributed by atoms with E-state index >= 15 is 0 Å². The van der Waals surface area contributed by atoms with Crippen LogP contribution in [0.5, 0.6) is 5.75 Å². The lowest BCUT2D eigenvalue weighted by Gasteiger charge is -2.08. The Morgan fingerprint density at radius 1 is 1.00 bits per heavy atom. The molecule has 114 valence electrons. The highest BCUT2D eigenvalue weighted by molar-refractivity contribution is 5.74. The molecule has 0 saturated carbocycles. The van der Waals surface area contributed by atoms with Crippen LogP contribution >= 0.6 is 0 Å². The van der Waals surface area contributed by atoms with E-state index in [-0.39, 0.29) is 11.9 Å². The van der Waals surface area contributed by atoms with Gasteiger partial charge < -0.3 is 4.74 Å². The van der Waals surface area contributed by atoms with Crippen molar-refractivity contribution in [2.24, 2.45) is 16.1 Å². The number of hydrogen-bond donors (Lipinski definition) is 0. The molecule has 0 amide bonds. The molecule has 22 heavy (non-hydrogen) atoms. The van der Waals surface area contributed by atoms with E-state index in [9.17, 15) is 4.79 Å². The number of nitrogens with zero attached hydrogens (tertiary/aromatic N) is 2. The second-order valence-corrected chi connectivity index (χ2v) is 5.26. The number of esters is 1. The first-order chi connectivity index (χ1) is 10.6. The molecule has 0 aliphatic carbocycles. The fraction of sp³-hybridized carbons (Fsp3) is 0.278. The molecular weight excluding hydrogens is 276 g/mol. The maximum Gasteiger partial charge on any atom is 0.314 e. The van der Waals surface area contributed by atoms with E-state index in [1.165, 1.54) is 5.56 Å². The van der Waals surface area contributed by atoms with Gasteiger partial charge in [0.15, 0.2) is 0 Å². The Morgan fingerprint density at radius 3 is 2.00 bits per heavy atom. The van der Waals surface area contributed by atoms with Crippen LogP contribution in [0.1, 0.15) is 25.8 Å². The van der Waals surface area contributed by atoms with E-state index in [0.717, 1.165) is 12.1 Å². The van der Waals surface area contributed by atoms with E-state index in [0.29, 0.717) is 11.4 Å². The summed E-state index contributed by atoms with van der Waals surface area (Å²) in [6.07, 6.45) is 0.766. The molecule has 0 radical (unpaired) electrons. The van der Waals surface area contributed by atoms with Gasteiger partial charge in [-0.15, -0.1) is 0 Å². The summed E-state index contributed by atoms with van der Waals surface area (Å²) < 4.78 is 5.29. The minimum atomic E-state index is -0.212. The van der Waals surface area contributed by atoms with Gasteiger partial charge in [0, 0.05) is 0 Å². The number of azo groups is 1. The van der Waals surface area contributed by atoms with Crippen LogP contribution in [0, 0.1) is 12.8 Å². The number of carbonyl (C=O) groups excluding carboxylic acids is 1. The van der Waals surface area contributed by atoms with Crippen LogP contribution in [-0.2, 0) is 4.79 Å². The molecule has 0 saturated heterocycles. The van der Waals surface area contributed by atoms with Crippen LogP contribution in [0.4, 0.5) is 11.4 Å². The molecule has 0 aliphatic heterocycles.